The van der Waals surface area contributed by atoms with E-state index in [-0.39, 0.29) is 4.91 Å². The molecule has 6 nitrogen and oxygen atoms in total. The molecule has 1 aliphatic heterocycles. The molecule has 2 heterocycles. The highest BCUT2D eigenvalue weighted by Gasteiger charge is 2.36. The molecule has 38 heavy (non-hydrogen) atoms. The van der Waals surface area contributed by atoms with Crippen LogP contribution in [0.3, 0.4) is 0 Å². The van der Waals surface area contributed by atoms with Crippen molar-refractivity contribution in [3.63, 3.8) is 0 Å². The van der Waals surface area contributed by atoms with E-state index in [0.29, 0.717) is 17.3 Å². The number of nitrogens with one attached hydrogen (secondary N) is 1. The smallest absolute Gasteiger partial charge is 0.294 e. The van der Waals surface area contributed by atoms with Gasteiger partial charge >= 0.3 is 0 Å². The maximum absolute atomic E-state index is 13.1. The number of anilines is 1. The van der Waals surface area contributed by atoms with Gasteiger partial charge in [0.1, 0.15) is 12.4 Å². The van der Waals surface area contributed by atoms with Crippen molar-refractivity contribution < 1.29 is 18.8 Å². The molecule has 3 amide bonds. The summed E-state index contributed by atoms with van der Waals surface area (Å²) < 4.78 is 15.3. The Morgan fingerprint density at radius 2 is 1.79 bits per heavy atom. The van der Waals surface area contributed by atoms with Crippen molar-refractivity contribution >= 4 is 63.1 Å². The second-order valence-corrected chi connectivity index (χ2v) is 10.3. The lowest BCUT2D eigenvalue weighted by Crippen LogP contribution is -2.36. The van der Waals surface area contributed by atoms with E-state index in [4.69, 9.17) is 11.6 Å². The van der Waals surface area contributed by atoms with Crippen LogP contribution in [0.2, 0.25) is 5.02 Å². The molecular weight excluding hydrogens is 525 g/mol. The number of fused-ring (bicyclic) bond motifs is 1. The Morgan fingerprint density at radius 3 is 2.50 bits per heavy atom. The van der Waals surface area contributed by atoms with E-state index in [1.54, 1.807) is 6.08 Å². The van der Waals surface area contributed by atoms with Crippen molar-refractivity contribution in [2.45, 2.75) is 19.9 Å². The van der Waals surface area contributed by atoms with Gasteiger partial charge in [-0.3, -0.25) is 19.3 Å². The number of thioether (sulfide) groups is 1. The molecule has 1 N–H and O–H groups in total. The van der Waals surface area contributed by atoms with Crippen LogP contribution in [0.25, 0.3) is 17.0 Å². The predicted molar refractivity (Wildman–Crippen MR) is 150 cm³/mol. The zero-order valence-electron chi connectivity index (χ0n) is 20.4. The highest BCUT2D eigenvalue weighted by molar-refractivity contribution is 8.18. The first-order valence-corrected chi connectivity index (χ1v) is 13.2. The molecule has 9 heteroatoms. The molecule has 5 rings (SSSR count). The van der Waals surface area contributed by atoms with E-state index >= 15 is 0 Å². The van der Waals surface area contributed by atoms with Crippen LogP contribution in [0.5, 0.6) is 0 Å². The molecular formula is C29H23ClFN3O3S. The van der Waals surface area contributed by atoms with E-state index in [1.807, 2.05) is 42.6 Å². The molecule has 0 saturated carbocycles. The number of halogens is 2. The van der Waals surface area contributed by atoms with Crippen molar-refractivity contribution in [2.24, 2.45) is 0 Å². The third-order valence-corrected chi connectivity index (χ3v) is 7.41. The largest absolute Gasteiger partial charge is 0.342 e. The Bertz CT molecular complexity index is 1580. The van der Waals surface area contributed by atoms with Gasteiger partial charge in [-0.2, -0.15) is 0 Å². The summed E-state index contributed by atoms with van der Waals surface area (Å²) in [4.78, 5) is 39.4. The third-order valence-electron chi connectivity index (χ3n) is 6.25. The topological polar surface area (TPSA) is 71.4 Å². The molecule has 4 aromatic rings. The van der Waals surface area contributed by atoms with Crippen LogP contribution in [0.15, 0.2) is 77.8 Å². The normalized spacial score (nSPS) is 14.6. The van der Waals surface area contributed by atoms with Crippen molar-refractivity contribution in [2.75, 3.05) is 11.9 Å². The number of carbonyl (C=O) groups is 3. The first-order valence-electron chi connectivity index (χ1n) is 12.0. The number of hydrogen-bond acceptors (Lipinski definition) is 4. The molecule has 3 aromatic carbocycles. The van der Waals surface area contributed by atoms with E-state index in [9.17, 15) is 18.8 Å². The summed E-state index contributed by atoms with van der Waals surface area (Å²) in [6, 6.07) is 19.0. The highest BCUT2D eigenvalue weighted by Crippen LogP contribution is 2.35. The van der Waals surface area contributed by atoms with Gasteiger partial charge in [0.15, 0.2) is 0 Å². The monoisotopic (exact) mass is 547 g/mol. The van der Waals surface area contributed by atoms with Crippen molar-refractivity contribution in [1.29, 1.82) is 0 Å². The van der Waals surface area contributed by atoms with Crippen LogP contribution in [0.4, 0.5) is 14.9 Å². The van der Waals surface area contributed by atoms with Crippen LogP contribution in [-0.4, -0.2) is 33.1 Å². The molecule has 1 saturated heterocycles. The highest BCUT2D eigenvalue weighted by atomic mass is 35.5. The number of nitrogens with zero attached hydrogens (tertiary/aromatic N) is 2. The quantitative estimate of drug-likeness (QED) is 0.261. The third kappa shape index (κ3) is 5.37. The van der Waals surface area contributed by atoms with Gasteiger partial charge in [-0.05, 0) is 71.8 Å². The van der Waals surface area contributed by atoms with Gasteiger partial charge in [0.05, 0.1) is 10.4 Å². The maximum atomic E-state index is 13.1. The summed E-state index contributed by atoms with van der Waals surface area (Å²) in [5.74, 6) is -1.51. The molecule has 1 fully saturated rings. The molecule has 0 unspecified atom stereocenters. The standard InChI is InChI=1S/C29H23ClFN3O3S/c1-2-19-4-3-5-24-20(16-33(27(19)24)15-18-6-8-21(30)9-7-18)14-25-28(36)34(29(37)38-25)17-26(35)32-23-12-10-22(31)11-13-23/h3-14,16H,2,15,17H2,1H3,(H,32,35)/b25-14-. The second kappa shape index (κ2) is 10.8. The van der Waals surface area contributed by atoms with Gasteiger partial charge in [0.2, 0.25) is 5.91 Å². The lowest BCUT2D eigenvalue weighted by atomic mass is 10.1. The number of para-hydroxylation sites is 1. The second-order valence-electron chi connectivity index (χ2n) is 8.83. The summed E-state index contributed by atoms with van der Waals surface area (Å²) in [6.45, 7) is 2.28. The van der Waals surface area contributed by atoms with Gasteiger partial charge in [-0.15, -0.1) is 0 Å². The Hall–Kier alpha value is -3.88. The van der Waals surface area contributed by atoms with Crippen LogP contribution >= 0.6 is 23.4 Å². The first kappa shape index (κ1) is 25.8. The van der Waals surface area contributed by atoms with Gasteiger partial charge in [0, 0.05) is 34.4 Å². The number of imide groups is 1. The minimum absolute atomic E-state index is 0.247. The average molecular weight is 548 g/mol. The molecule has 1 aromatic heterocycles. The number of benzene rings is 3. The van der Waals surface area contributed by atoms with Crippen molar-refractivity contribution in [3.05, 3.63) is 105 Å². The lowest BCUT2D eigenvalue weighted by molar-refractivity contribution is -0.127. The van der Waals surface area contributed by atoms with Crippen LogP contribution < -0.4 is 5.32 Å². The zero-order chi connectivity index (χ0) is 26.8. The van der Waals surface area contributed by atoms with Crippen LogP contribution in [0, 0.1) is 5.82 Å². The molecule has 192 valence electrons. The summed E-state index contributed by atoms with van der Waals surface area (Å²) in [5, 5.41) is 3.70. The maximum Gasteiger partial charge on any atom is 0.294 e. The Kier molecular flexibility index (Phi) is 7.35. The van der Waals surface area contributed by atoms with Crippen molar-refractivity contribution in [1.82, 2.24) is 9.47 Å². The molecule has 0 radical (unpaired) electrons. The fourth-order valence-electron chi connectivity index (χ4n) is 4.43. The van der Waals surface area contributed by atoms with Gasteiger partial charge < -0.3 is 9.88 Å². The first-order chi connectivity index (χ1) is 18.3. The number of aryl methyl sites for hydroxylation is 1. The number of carbonyl (C=O) groups excluding carboxylic acids is 3. The molecule has 0 bridgehead atoms. The van der Waals surface area contributed by atoms with Crippen LogP contribution in [-0.2, 0) is 22.6 Å². The minimum atomic E-state index is -0.549. The van der Waals surface area contributed by atoms with E-state index in [0.717, 1.165) is 45.1 Å². The van der Waals surface area contributed by atoms with E-state index in [2.05, 4.69) is 22.9 Å². The summed E-state index contributed by atoms with van der Waals surface area (Å²) in [7, 11) is 0. The Labute approximate surface area is 228 Å². The number of rotatable bonds is 7. The minimum Gasteiger partial charge on any atom is -0.342 e. The molecule has 0 aliphatic carbocycles. The molecule has 1 aliphatic rings. The van der Waals surface area contributed by atoms with Crippen molar-refractivity contribution in [3.8, 4) is 0 Å². The fourth-order valence-corrected chi connectivity index (χ4v) is 5.39. The van der Waals surface area contributed by atoms with E-state index in [1.165, 1.54) is 29.8 Å². The van der Waals surface area contributed by atoms with Gasteiger partial charge in [0.25, 0.3) is 11.1 Å². The lowest BCUT2D eigenvalue weighted by Gasteiger charge is -2.12. The van der Waals surface area contributed by atoms with Crippen LogP contribution in [0.1, 0.15) is 23.6 Å². The summed E-state index contributed by atoms with van der Waals surface area (Å²) in [6.07, 6.45) is 4.53. The van der Waals surface area contributed by atoms with E-state index < -0.39 is 29.4 Å². The Balaban J connectivity index is 1.41. The number of hydrogen-bond donors (Lipinski definition) is 1. The number of aromatic nitrogens is 1. The SMILES string of the molecule is CCc1cccc2c(/C=C3\SC(=O)N(CC(=O)Nc4ccc(F)cc4)C3=O)cn(Cc3ccc(Cl)cc3)c12. The molecule has 0 atom stereocenters. The average Bonchev–Trinajstić information content (AvgIpc) is 3.38. The molecule has 0 spiro atoms. The predicted octanol–water partition coefficient (Wildman–Crippen LogP) is 6.72. The number of amides is 3. The summed E-state index contributed by atoms with van der Waals surface area (Å²) in [5.41, 5.74) is 4.50. The fraction of sp³-hybridized carbons (Fsp3) is 0.138. The summed E-state index contributed by atoms with van der Waals surface area (Å²) >= 11 is 6.86. The van der Waals surface area contributed by atoms with Gasteiger partial charge in [-0.25, -0.2) is 4.39 Å². The van der Waals surface area contributed by atoms with Gasteiger partial charge in [-0.1, -0.05) is 48.9 Å². The zero-order valence-corrected chi connectivity index (χ0v) is 22.0. The Morgan fingerprint density at radius 1 is 1.05 bits per heavy atom.